The molecule has 0 aromatic heterocycles. The van der Waals surface area contributed by atoms with E-state index in [4.69, 9.17) is 14.2 Å². The van der Waals surface area contributed by atoms with E-state index in [0.29, 0.717) is 13.2 Å². The summed E-state index contributed by atoms with van der Waals surface area (Å²) in [6.07, 6.45) is 1.87. The molecule has 2 saturated heterocycles. The van der Waals surface area contributed by atoms with Gasteiger partial charge < -0.3 is 14.2 Å². The van der Waals surface area contributed by atoms with Gasteiger partial charge in [0.2, 0.25) is 5.91 Å². The molecule has 14 heavy (non-hydrogen) atoms. The molecule has 0 bridgehead atoms. The molecular weight excluding hydrogens is 182 g/mol. The Balaban J connectivity index is 1.80. The van der Waals surface area contributed by atoms with Gasteiger partial charge in [-0.3, -0.25) is 0 Å². The number of hydrogen-bond acceptors (Lipinski definition) is 4. The quantitative estimate of drug-likeness (QED) is 0.490. The van der Waals surface area contributed by atoms with E-state index in [2.05, 4.69) is 11.5 Å². The van der Waals surface area contributed by atoms with Gasteiger partial charge in [-0.25, -0.2) is 4.90 Å². The van der Waals surface area contributed by atoms with E-state index < -0.39 is 5.91 Å². The summed E-state index contributed by atoms with van der Waals surface area (Å²) >= 11 is 0. The molecule has 4 nitrogen and oxygen atoms in total. The van der Waals surface area contributed by atoms with Gasteiger partial charge in [0, 0.05) is 20.0 Å². The van der Waals surface area contributed by atoms with Crippen molar-refractivity contribution in [1.82, 2.24) is 4.90 Å². The Hall–Kier alpha value is -0.420. The topological polar surface area (TPSA) is 30.9 Å². The standard InChI is InChI=1S/C10H17NO3/c1-3-5-12-8-9-7-11-4-6-13-10(11,2)14-9/h3,9H,1,4-8H2,2H3/t9-,10-/m0/s1. The average Bonchev–Trinajstić information content (AvgIpc) is 2.59. The normalized spacial score (nSPS) is 37.4. The lowest BCUT2D eigenvalue weighted by Crippen LogP contribution is -2.37. The van der Waals surface area contributed by atoms with Crippen molar-refractivity contribution in [2.75, 3.05) is 32.9 Å². The summed E-state index contributed by atoms with van der Waals surface area (Å²) in [6, 6.07) is 0. The van der Waals surface area contributed by atoms with Crippen molar-refractivity contribution in [1.29, 1.82) is 0 Å². The smallest absolute Gasteiger partial charge is 0.227 e. The van der Waals surface area contributed by atoms with Crippen molar-refractivity contribution in [2.45, 2.75) is 18.9 Å². The predicted octanol–water partition coefficient (Wildman–Crippen LogP) is 0.594. The molecule has 80 valence electrons. The zero-order chi connectivity index (χ0) is 10.0. The zero-order valence-electron chi connectivity index (χ0n) is 8.57. The minimum atomic E-state index is -0.498. The molecule has 0 aromatic rings. The highest BCUT2D eigenvalue weighted by atomic mass is 16.7. The average molecular weight is 199 g/mol. The highest BCUT2D eigenvalue weighted by molar-refractivity contribution is 4.85. The molecule has 0 saturated carbocycles. The predicted molar refractivity (Wildman–Crippen MR) is 51.8 cm³/mol. The van der Waals surface area contributed by atoms with E-state index in [1.54, 1.807) is 6.08 Å². The van der Waals surface area contributed by atoms with Gasteiger partial charge >= 0.3 is 0 Å². The molecule has 0 N–H and O–H groups in total. The van der Waals surface area contributed by atoms with E-state index in [9.17, 15) is 0 Å². The lowest BCUT2D eigenvalue weighted by Gasteiger charge is -2.23. The van der Waals surface area contributed by atoms with Crippen molar-refractivity contribution in [2.24, 2.45) is 0 Å². The lowest BCUT2D eigenvalue weighted by atomic mass is 10.3. The van der Waals surface area contributed by atoms with Gasteiger partial charge in [0.15, 0.2) is 0 Å². The minimum absolute atomic E-state index is 0.125. The molecule has 0 aliphatic carbocycles. The molecule has 0 radical (unpaired) electrons. The van der Waals surface area contributed by atoms with E-state index >= 15 is 0 Å². The van der Waals surface area contributed by atoms with Gasteiger partial charge in [0.25, 0.3) is 0 Å². The fraction of sp³-hybridized carbons (Fsp3) is 0.800. The Morgan fingerprint density at radius 3 is 3.29 bits per heavy atom. The Bertz CT molecular complexity index is 221. The molecule has 2 aliphatic heterocycles. The molecule has 2 aliphatic rings. The van der Waals surface area contributed by atoms with Gasteiger partial charge in [-0.05, 0) is 0 Å². The van der Waals surface area contributed by atoms with Crippen molar-refractivity contribution in [3.05, 3.63) is 12.7 Å². The van der Waals surface area contributed by atoms with Crippen LogP contribution in [0.15, 0.2) is 12.7 Å². The molecule has 2 fully saturated rings. The second kappa shape index (κ2) is 3.98. The molecule has 2 heterocycles. The van der Waals surface area contributed by atoms with Crippen LogP contribution in [0.1, 0.15) is 6.92 Å². The van der Waals surface area contributed by atoms with E-state index in [1.807, 2.05) is 6.92 Å². The second-order valence-corrected chi connectivity index (χ2v) is 3.76. The van der Waals surface area contributed by atoms with E-state index in [-0.39, 0.29) is 6.10 Å². The van der Waals surface area contributed by atoms with Crippen LogP contribution in [0, 0.1) is 0 Å². The summed E-state index contributed by atoms with van der Waals surface area (Å²) in [5, 5.41) is 0. The van der Waals surface area contributed by atoms with Crippen LogP contribution in [0.2, 0.25) is 0 Å². The Labute approximate surface area is 84.4 Å². The van der Waals surface area contributed by atoms with E-state index in [1.165, 1.54) is 0 Å². The van der Waals surface area contributed by atoms with Crippen molar-refractivity contribution in [3.8, 4) is 0 Å². The first-order chi connectivity index (χ1) is 6.74. The monoisotopic (exact) mass is 199 g/mol. The first-order valence-electron chi connectivity index (χ1n) is 5.00. The van der Waals surface area contributed by atoms with Gasteiger partial charge in [-0.1, -0.05) is 6.08 Å². The summed E-state index contributed by atoms with van der Waals surface area (Å²) in [7, 11) is 0. The maximum absolute atomic E-state index is 5.76. The van der Waals surface area contributed by atoms with E-state index in [0.717, 1.165) is 19.7 Å². The highest BCUT2D eigenvalue weighted by Gasteiger charge is 2.47. The van der Waals surface area contributed by atoms with Crippen LogP contribution in [0.4, 0.5) is 0 Å². The molecule has 4 heteroatoms. The lowest BCUT2D eigenvalue weighted by molar-refractivity contribution is -0.235. The van der Waals surface area contributed by atoms with Crippen molar-refractivity contribution < 1.29 is 14.2 Å². The Morgan fingerprint density at radius 2 is 2.57 bits per heavy atom. The van der Waals surface area contributed by atoms with Crippen LogP contribution in [0.25, 0.3) is 0 Å². The first-order valence-corrected chi connectivity index (χ1v) is 5.00. The summed E-state index contributed by atoms with van der Waals surface area (Å²) in [5.41, 5.74) is 0. The molecule has 2 rings (SSSR count). The molecule has 0 amide bonds. The molecule has 0 spiro atoms. The van der Waals surface area contributed by atoms with Gasteiger partial charge in [0.05, 0.1) is 25.9 Å². The van der Waals surface area contributed by atoms with Crippen molar-refractivity contribution in [3.63, 3.8) is 0 Å². The fourth-order valence-electron chi connectivity index (χ4n) is 1.97. The van der Waals surface area contributed by atoms with Crippen LogP contribution in [-0.2, 0) is 14.2 Å². The molecule has 0 unspecified atom stereocenters. The number of rotatable bonds is 4. The van der Waals surface area contributed by atoms with Gasteiger partial charge in [-0.15, -0.1) is 6.58 Å². The maximum Gasteiger partial charge on any atom is 0.227 e. The Kier molecular flexibility index (Phi) is 2.88. The number of nitrogens with zero attached hydrogens (tertiary/aromatic N) is 1. The molecule has 0 aromatic carbocycles. The summed E-state index contributed by atoms with van der Waals surface area (Å²) < 4.78 is 16.6. The largest absolute Gasteiger partial charge is 0.375 e. The Morgan fingerprint density at radius 1 is 1.71 bits per heavy atom. The molecular formula is C10H17NO3. The number of ether oxygens (including phenoxy) is 3. The number of fused-ring (bicyclic) bond motifs is 1. The third-order valence-corrected chi connectivity index (χ3v) is 2.65. The minimum Gasteiger partial charge on any atom is -0.375 e. The van der Waals surface area contributed by atoms with Gasteiger partial charge in [0.1, 0.15) is 0 Å². The van der Waals surface area contributed by atoms with Crippen molar-refractivity contribution >= 4 is 0 Å². The van der Waals surface area contributed by atoms with Crippen LogP contribution in [0.3, 0.4) is 0 Å². The number of hydrogen-bond donors (Lipinski definition) is 0. The third-order valence-electron chi connectivity index (χ3n) is 2.65. The molecule has 2 atom stereocenters. The van der Waals surface area contributed by atoms with Crippen LogP contribution in [-0.4, -0.2) is 49.8 Å². The fourth-order valence-corrected chi connectivity index (χ4v) is 1.97. The first kappa shape index (κ1) is 10.1. The van der Waals surface area contributed by atoms with Crippen LogP contribution < -0.4 is 0 Å². The maximum atomic E-state index is 5.76. The highest BCUT2D eigenvalue weighted by Crippen LogP contribution is 2.32. The summed E-state index contributed by atoms with van der Waals surface area (Å²) in [6.45, 7) is 9.36. The zero-order valence-corrected chi connectivity index (χ0v) is 8.57. The second-order valence-electron chi connectivity index (χ2n) is 3.76. The summed E-state index contributed by atoms with van der Waals surface area (Å²) in [5.74, 6) is -0.498. The van der Waals surface area contributed by atoms with Crippen LogP contribution >= 0.6 is 0 Å². The third kappa shape index (κ3) is 1.83. The SMILES string of the molecule is C=CCOC[C@@H]1CN2CCO[C@@]2(C)O1. The summed E-state index contributed by atoms with van der Waals surface area (Å²) in [4.78, 5) is 2.20. The van der Waals surface area contributed by atoms with Gasteiger partial charge in [-0.2, -0.15) is 0 Å². The van der Waals surface area contributed by atoms with Crippen LogP contribution in [0.5, 0.6) is 0 Å².